The summed E-state index contributed by atoms with van der Waals surface area (Å²) in [7, 11) is 0. The fraction of sp³-hybridized carbons (Fsp3) is 0.667. The maximum atomic E-state index is 12.6. The van der Waals surface area contributed by atoms with Crippen LogP contribution in [0.4, 0.5) is 5.13 Å². The number of piperazine rings is 1. The summed E-state index contributed by atoms with van der Waals surface area (Å²) in [6, 6.07) is 0.388. The Morgan fingerprint density at radius 1 is 1.19 bits per heavy atom. The van der Waals surface area contributed by atoms with Gasteiger partial charge in [-0.15, -0.1) is 11.3 Å². The molecule has 2 aliphatic heterocycles. The van der Waals surface area contributed by atoms with Gasteiger partial charge in [0, 0.05) is 50.6 Å². The Balaban J connectivity index is 1.23. The molecule has 3 amide bonds. The number of aromatic nitrogens is 1. The van der Waals surface area contributed by atoms with E-state index in [2.05, 4.69) is 15.2 Å². The van der Waals surface area contributed by atoms with E-state index in [0.29, 0.717) is 50.3 Å². The van der Waals surface area contributed by atoms with Crippen LogP contribution in [0.15, 0.2) is 5.38 Å². The first kappa shape index (κ1) is 18.4. The predicted molar refractivity (Wildman–Crippen MR) is 102 cm³/mol. The van der Waals surface area contributed by atoms with Gasteiger partial charge in [-0.1, -0.05) is 0 Å². The van der Waals surface area contributed by atoms with E-state index in [-0.39, 0.29) is 24.1 Å². The fourth-order valence-electron chi connectivity index (χ4n) is 3.48. The molecule has 0 unspecified atom stereocenters. The molecule has 1 aromatic rings. The van der Waals surface area contributed by atoms with Gasteiger partial charge in [0.1, 0.15) is 0 Å². The maximum Gasteiger partial charge on any atom is 0.234 e. The van der Waals surface area contributed by atoms with E-state index in [4.69, 9.17) is 0 Å². The Morgan fingerprint density at radius 3 is 2.63 bits per heavy atom. The Morgan fingerprint density at radius 2 is 1.96 bits per heavy atom. The molecule has 1 N–H and O–H groups in total. The second-order valence-electron chi connectivity index (χ2n) is 7.45. The molecular formula is C18H25N5O3S. The molecule has 3 fully saturated rings. The largest absolute Gasteiger partial charge is 0.352 e. The third kappa shape index (κ3) is 4.65. The predicted octanol–water partition coefficient (Wildman–Crippen LogP) is 0.235. The summed E-state index contributed by atoms with van der Waals surface area (Å²) < 4.78 is 0. The highest BCUT2D eigenvalue weighted by Gasteiger charge is 2.27. The lowest BCUT2D eigenvalue weighted by atomic mass is 10.2. The summed E-state index contributed by atoms with van der Waals surface area (Å²) in [5.41, 5.74) is 0.728. The van der Waals surface area contributed by atoms with E-state index in [9.17, 15) is 14.4 Å². The molecule has 1 saturated carbocycles. The summed E-state index contributed by atoms with van der Waals surface area (Å²) >= 11 is 1.43. The number of amides is 3. The van der Waals surface area contributed by atoms with Crippen LogP contribution in [0, 0.1) is 0 Å². The van der Waals surface area contributed by atoms with Gasteiger partial charge < -0.3 is 10.2 Å². The minimum absolute atomic E-state index is 0.0571. The number of hydrogen-bond acceptors (Lipinski definition) is 6. The number of hydrogen-bond donors (Lipinski definition) is 1. The topological polar surface area (TPSA) is 85.9 Å². The van der Waals surface area contributed by atoms with Gasteiger partial charge in [0.15, 0.2) is 5.13 Å². The molecule has 0 radical (unpaired) electrons. The van der Waals surface area contributed by atoms with E-state index in [1.807, 2.05) is 10.3 Å². The molecular weight excluding hydrogens is 366 g/mol. The fourth-order valence-corrected chi connectivity index (χ4v) is 4.35. The molecule has 2 saturated heterocycles. The van der Waals surface area contributed by atoms with Crippen molar-refractivity contribution >= 4 is 34.2 Å². The van der Waals surface area contributed by atoms with Crippen molar-refractivity contribution in [2.75, 3.05) is 44.2 Å². The molecule has 4 rings (SSSR count). The van der Waals surface area contributed by atoms with Crippen LogP contribution >= 0.6 is 11.3 Å². The first-order valence-electron chi connectivity index (χ1n) is 9.63. The molecule has 0 atom stereocenters. The van der Waals surface area contributed by atoms with Gasteiger partial charge in [-0.2, -0.15) is 0 Å². The van der Waals surface area contributed by atoms with Gasteiger partial charge in [-0.05, 0) is 19.3 Å². The van der Waals surface area contributed by atoms with Crippen LogP contribution in [0.5, 0.6) is 0 Å². The van der Waals surface area contributed by atoms with Crippen molar-refractivity contribution < 1.29 is 14.4 Å². The number of rotatable bonds is 6. The number of nitrogens with one attached hydrogen (secondary N) is 1. The van der Waals surface area contributed by atoms with Crippen LogP contribution in [0.25, 0.3) is 0 Å². The average molecular weight is 391 g/mol. The molecule has 8 nitrogen and oxygen atoms in total. The minimum Gasteiger partial charge on any atom is -0.352 e. The van der Waals surface area contributed by atoms with Crippen molar-refractivity contribution in [3.05, 3.63) is 11.1 Å². The first-order chi connectivity index (χ1) is 13.1. The lowest BCUT2D eigenvalue weighted by Crippen LogP contribution is -2.51. The van der Waals surface area contributed by atoms with Crippen molar-refractivity contribution in [2.45, 2.75) is 38.1 Å². The smallest absolute Gasteiger partial charge is 0.234 e. The highest BCUT2D eigenvalue weighted by Crippen LogP contribution is 2.25. The SMILES string of the molecule is O=C(CN1CCN(C(=O)Cc2csc(N3CCCC3=O)n2)CC1)NC1CC1. The quantitative estimate of drug-likeness (QED) is 0.751. The van der Waals surface area contributed by atoms with E-state index in [0.717, 1.165) is 31.5 Å². The summed E-state index contributed by atoms with van der Waals surface area (Å²) in [5, 5.41) is 5.57. The van der Waals surface area contributed by atoms with Crippen LogP contribution < -0.4 is 10.2 Å². The molecule has 9 heteroatoms. The van der Waals surface area contributed by atoms with Crippen molar-refractivity contribution in [1.29, 1.82) is 0 Å². The molecule has 1 aromatic heterocycles. The number of nitrogens with zero attached hydrogens (tertiary/aromatic N) is 4. The molecule has 146 valence electrons. The zero-order valence-corrected chi connectivity index (χ0v) is 16.2. The van der Waals surface area contributed by atoms with Gasteiger partial charge in [0.2, 0.25) is 17.7 Å². The van der Waals surface area contributed by atoms with Crippen molar-refractivity contribution in [3.8, 4) is 0 Å². The Labute approximate surface area is 162 Å². The summed E-state index contributed by atoms with van der Waals surface area (Å²) in [4.78, 5) is 46.4. The van der Waals surface area contributed by atoms with Gasteiger partial charge in [0.05, 0.1) is 18.7 Å². The Kier molecular flexibility index (Phi) is 5.40. The van der Waals surface area contributed by atoms with E-state index >= 15 is 0 Å². The maximum absolute atomic E-state index is 12.6. The molecule has 0 aromatic carbocycles. The molecule has 3 heterocycles. The summed E-state index contributed by atoms with van der Waals surface area (Å²) in [6.45, 7) is 3.84. The van der Waals surface area contributed by atoms with E-state index in [1.54, 1.807) is 4.90 Å². The van der Waals surface area contributed by atoms with Gasteiger partial charge in [-0.3, -0.25) is 24.2 Å². The Bertz CT molecular complexity index is 724. The zero-order valence-electron chi connectivity index (χ0n) is 15.4. The van der Waals surface area contributed by atoms with Crippen LogP contribution in [0.1, 0.15) is 31.4 Å². The van der Waals surface area contributed by atoms with Crippen LogP contribution in [-0.4, -0.2) is 77.8 Å². The third-order valence-corrected chi connectivity index (χ3v) is 6.12. The standard InChI is InChI=1S/C18H25N5O3S/c24-15(19-13-3-4-13)11-21-6-8-22(9-7-21)17(26)10-14-12-27-18(20-14)23-5-1-2-16(23)25/h12-13H,1-11H2,(H,19,24). The molecule has 0 spiro atoms. The first-order valence-corrected chi connectivity index (χ1v) is 10.5. The van der Waals surface area contributed by atoms with Gasteiger partial charge in [0.25, 0.3) is 0 Å². The van der Waals surface area contributed by atoms with Crippen molar-refractivity contribution in [1.82, 2.24) is 20.1 Å². The normalized spacial score (nSPS) is 21.0. The second kappa shape index (κ2) is 7.93. The van der Waals surface area contributed by atoms with Crippen molar-refractivity contribution in [3.63, 3.8) is 0 Å². The highest BCUT2D eigenvalue weighted by molar-refractivity contribution is 7.14. The highest BCUT2D eigenvalue weighted by atomic mass is 32.1. The number of anilines is 1. The molecule has 27 heavy (non-hydrogen) atoms. The van der Waals surface area contributed by atoms with Gasteiger partial charge in [-0.25, -0.2) is 4.98 Å². The lowest BCUT2D eigenvalue weighted by Gasteiger charge is -2.34. The summed E-state index contributed by atoms with van der Waals surface area (Å²) in [5.74, 6) is 0.259. The average Bonchev–Trinajstić information content (AvgIpc) is 3.16. The minimum atomic E-state index is 0.0571. The number of carbonyl (C=O) groups excluding carboxylic acids is 3. The molecule has 1 aliphatic carbocycles. The Hall–Kier alpha value is -2.00. The van der Waals surface area contributed by atoms with E-state index < -0.39 is 0 Å². The van der Waals surface area contributed by atoms with Crippen molar-refractivity contribution in [2.24, 2.45) is 0 Å². The zero-order chi connectivity index (χ0) is 18.8. The number of carbonyl (C=O) groups is 3. The van der Waals surface area contributed by atoms with E-state index in [1.165, 1.54) is 11.3 Å². The third-order valence-electron chi connectivity index (χ3n) is 5.21. The molecule has 3 aliphatic rings. The summed E-state index contributed by atoms with van der Waals surface area (Å²) in [6.07, 6.45) is 3.91. The van der Waals surface area contributed by atoms with Gasteiger partial charge >= 0.3 is 0 Å². The van der Waals surface area contributed by atoms with Crippen LogP contribution in [-0.2, 0) is 20.8 Å². The number of thiazole rings is 1. The van der Waals surface area contributed by atoms with Crippen LogP contribution in [0.2, 0.25) is 0 Å². The molecule has 0 bridgehead atoms. The monoisotopic (exact) mass is 391 g/mol. The lowest BCUT2D eigenvalue weighted by molar-refractivity contribution is -0.132. The second-order valence-corrected chi connectivity index (χ2v) is 8.28. The van der Waals surface area contributed by atoms with Crippen LogP contribution in [0.3, 0.4) is 0 Å².